The minimum Gasteiger partial charge on any atom is -0.325 e. The van der Waals surface area contributed by atoms with Crippen LogP contribution in [0.2, 0.25) is 0 Å². The fourth-order valence-electron chi connectivity index (χ4n) is 3.84. The van der Waals surface area contributed by atoms with Gasteiger partial charge in [0.15, 0.2) is 0 Å². The van der Waals surface area contributed by atoms with Gasteiger partial charge in [-0.25, -0.2) is 0 Å². The Labute approximate surface area is 150 Å². The van der Waals surface area contributed by atoms with Crippen LogP contribution in [0.25, 0.3) is 21.2 Å². The van der Waals surface area contributed by atoms with Gasteiger partial charge in [0, 0.05) is 22.7 Å². The van der Waals surface area contributed by atoms with Crippen LogP contribution in [0.4, 0.5) is 0 Å². The van der Waals surface area contributed by atoms with E-state index in [1.165, 1.54) is 15.6 Å². The number of nitrogens with zero attached hydrogens (tertiary/aromatic N) is 1. The first kappa shape index (κ1) is 15.1. The van der Waals surface area contributed by atoms with Crippen LogP contribution in [0.15, 0.2) is 53.9 Å². The Hall–Kier alpha value is -2.21. The summed E-state index contributed by atoms with van der Waals surface area (Å²) < 4.78 is 1.28. The van der Waals surface area contributed by atoms with E-state index in [2.05, 4.69) is 52.4 Å². The molecule has 2 N–H and O–H groups in total. The Morgan fingerprint density at radius 3 is 2.88 bits per heavy atom. The van der Waals surface area contributed by atoms with Crippen molar-refractivity contribution < 1.29 is 4.79 Å². The van der Waals surface area contributed by atoms with Crippen molar-refractivity contribution in [2.75, 3.05) is 7.05 Å². The number of fused-ring (bicyclic) bond motifs is 2. The summed E-state index contributed by atoms with van der Waals surface area (Å²) in [5, 5.41) is 10.2. The molecular weight excluding hydrogens is 330 g/mol. The maximum atomic E-state index is 12.9. The van der Waals surface area contributed by atoms with Crippen molar-refractivity contribution in [1.82, 2.24) is 15.5 Å². The molecule has 0 spiro atoms. The zero-order valence-corrected chi connectivity index (χ0v) is 14.9. The average molecular weight is 349 g/mol. The molecule has 5 rings (SSSR count). The number of amides is 1. The summed E-state index contributed by atoms with van der Waals surface area (Å²) in [4.78, 5) is 14.7. The molecule has 126 valence electrons. The lowest BCUT2D eigenvalue weighted by Crippen LogP contribution is -2.59. The van der Waals surface area contributed by atoms with E-state index in [9.17, 15) is 4.79 Å². The van der Waals surface area contributed by atoms with Gasteiger partial charge in [0.1, 0.15) is 11.7 Å². The lowest BCUT2D eigenvalue weighted by molar-refractivity contribution is -0.139. The number of piperazine rings is 1. The Morgan fingerprint density at radius 1 is 1.16 bits per heavy atom. The average Bonchev–Trinajstić information content (AvgIpc) is 3.27. The van der Waals surface area contributed by atoms with Crippen LogP contribution in [0.5, 0.6) is 0 Å². The lowest BCUT2D eigenvalue weighted by Gasteiger charge is -2.37. The van der Waals surface area contributed by atoms with Crippen molar-refractivity contribution in [3.8, 4) is 11.1 Å². The number of hydrogen-bond acceptors (Lipinski definition) is 4. The molecule has 4 nitrogen and oxygen atoms in total. The van der Waals surface area contributed by atoms with Gasteiger partial charge in [0.05, 0.1) is 6.17 Å². The molecule has 1 amide bonds. The molecule has 25 heavy (non-hydrogen) atoms. The number of thiophene rings is 1. The number of benzene rings is 2. The molecule has 0 bridgehead atoms. The number of hydrogen-bond donors (Lipinski definition) is 2. The van der Waals surface area contributed by atoms with E-state index in [1.807, 2.05) is 31.0 Å². The molecule has 3 atom stereocenters. The molecule has 2 aromatic carbocycles. The van der Waals surface area contributed by atoms with Gasteiger partial charge in [-0.1, -0.05) is 36.4 Å². The van der Waals surface area contributed by atoms with Crippen molar-refractivity contribution in [2.45, 2.75) is 24.8 Å². The van der Waals surface area contributed by atoms with E-state index in [1.54, 1.807) is 11.3 Å². The Bertz CT molecular complexity index is 997. The van der Waals surface area contributed by atoms with Crippen LogP contribution in [-0.2, 0) is 10.3 Å². The van der Waals surface area contributed by atoms with Crippen LogP contribution in [-0.4, -0.2) is 30.2 Å². The Balaban J connectivity index is 1.60. The molecule has 2 aliphatic rings. The van der Waals surface area contributed by atoms with E-state index >= 15 is 0 Å². The van der Waals surface area contributed by atoms with Crippen molar-refractivity contribution in [1.29, 1.82) is 0 Å². The summed E-state index contributed by atoms with van der Waals surface area (Å²) in [5.41, 5.74) is 2.68. The number of rotatable bonds is 2. The zero-order chi connectivity index (χ0) is 17.2. The molecule has 3 aromatic rings. The third kappa shape index (κ3) is 2.16. The van der Waals surface area contributed by atoms with E-state index in [0.717, 1.165) is 11.1 Å². The van der Waals surface area contributed by atoms with Crippen LogP contribution < -0.4 is 10.6 Å². The maximum absolute atomic E-state index is 12.9. The number of carbonyl (C=O) groups excluding carboxylic acids is 1. The number of carbonyl (C=O) groups is 1. The standard InChI is InChI=1S/C20H19N3OS/c1-20(19(24)23(2)18-17(21-18)22-20)13-7-5-6-12(10-13)15-11-25-16-9-4-3-8-14(15)16/h3-11,17-18,21-22H,1-2H3. The van der Waals surface area contributed by atoms with Gasteiger partial charge in [0.2, 0.25) is 5.91 Å². The van der Waals surface area contributed by atoms with E-state index in [-0.39, 0.29) is 18.2 Å². The zero-order valence-electron chi connectivity index (χ0n) is 14.1. The molecular formula is C20H19N3OS. The third-order valence-corrected chi connectivity index (χ3v) is 6.36. The Morgan fingerprint density at radius 2 is 2.00 bits per heavy atom. The predicted octanol–water partition coefficient (Wildman–Crippen LogP) is 3.10. The fourth-order valence-corrected chi connectivity index (χ4v) is 4.81. The first-order chi connectivity index (χ1) is 12.1. The number of nitrogens with one attached hydrogen (secondary N) is 2. The van der Waals surface area contributed by atoms with E-state index in [0.29, 0.717) is 0 Å². The van der Waals surface area contributed by atoms with Crippen molar-refractivity contribution >= 4 is 27.3 Å². The summed E-state index contributed by atoms with van der Waals surface area (Å²) in [6.07, 6.45) is 0.308. The molecule has 0 aliphatic carbocycles. The normalized spacial score (nSPS) is 28.2. The SMILES string of the molecule is CN1C(=O)C(C)(c2cccc(-c3csc4ccccc34)c2)NC2NC21. The summed E-state index contributed by atoms with van der Waals surface area (Å²) in [7, 11) is 1.87. The monoisotopic (exact) mass is 349 g/mol. The smallest absolute Gasteiger partial charge is 0.248 e. The van der Waals surface area contributed by atoms with Crippen LogP contribution in [0.1, 0.15) is 12.5 Å². The summed E-state index contributed by atoms with van der Waals surface area (Å²) in [5.74, 6) is 0.103. The van der Waals surface area contributed by atoms with Crippen molar-refractivity contribution in [2.24, 2.45) is 0 Å². The summed E-state index contributed by atoms with van der Waals surface area (Å²) in [6, 6.07) is 16.8. The van der Waals surface area contributed by atoms with Crippen LogP contribution >= 0.6 is 11.3 Å². The van der Waals surface area contributed by atoms with Gasteiger partial charge in [-0.3, -0.25) is 15.4 Å². The highest BCUT2D eigenvalue weighted by Crippen LogP contribution is 2.37. The minimum absolute atomic E-state index is 0.103. The maximum Gasteiger partial charge on any atom is 0.248 e. The van der Waals surface area contributed by atoms with Gasteiger partial charge in [-0.05, 0) is 35.6 Å². The van der Waals surface area contributed by atoms with Gasteiger partial charge >= 0.3 is 0 Å². The summed E-state index contributed by atoms with van der Waals surface area (Å²) in [6.45, 7) is 1.98. The van der Waals surface area contributed by atoms with Crippen molar-refractivity contribution in [3.63, 3.8) is 0 Å². The third-order valence-electron chi connectivity index (χ3n) is 5.40. The fraction of sp³-hybridized carbons (Fsp3) is 0.250. The van der Waals surface area contributed by atoms with Crippen LogP contribution in [0, 0.1) is 0 Å². The highest BCUT2D eigenvalue weighted by Gasteiger charge is 2.55. The van der Waals surface area contributed by atoms with Gasteiger partial charge in [-0.2, -0.15) is 0 Å². The minimum atomic E-state index is -0.707. The molecule has 2 fully saturated rings. The Kier molecular flexibility index (Phi) is 3.10. The van der Waals surface area contributed by atoms with E-state index in [4.69, 9.17) is 0 Å². The first-order valence-corrected chi connectivity index (χ1v) is 9.34. The highest BCUT2D eigenvalue weighted by molar-refractivity contribution is 7.17. The molecule has 3 unspecified atom stereocenters. The van der Waals surface area contributed by atoms with Crippen LogP contribution in [0.3, 0.4) is 0 Å². The largest absolute Gasteiger partial charge is 0.325 e. The molecule has 0 radical (unpaired) electrons. The molecule has 5 heteroatoms. The lowest BCUT2D eigenvalue weighted by atomic mass is 9.87. The molecule has 3 heterocycles. The van der Waals surface area contributed by atoms with Gasteiger partial charge in [-0.15, -0.1) is 11.3 Å². The second kappa shape index (κ2) is 5.14. The molecule has 1 aromatic heterocycles. The second-order valence-electron chi connectivity index (χ2n) is 7.00. The first-order valence-electron chi connectivity index (χ1n) is 8.46. The number of likely N-dealkylation sites (N-methyl/N-ethyl adjacent to an activating group) is 1. The highest BCUT2D eigenvalue weighted by atomic mass is 32.1. The van der Waals surface area contributed by atoms with E-state index < -0.39 is 5.54 Å². The topological polar surface area (TPSA) is 54.3 Å². The molecule has 2 saturated heterocycles. The van der Waals surface area contributed by atoms with Crippen molar-refractivity contribution in [3.05, 3.63) is 59.5 Å². The second-order valence-corrected chi connectivity index (χ2v) is 7.91. The predicted molar refractivity (Wildman–Crippen MR) is 101 cm³/mol. The van der Waals surface area contributed by atoms with Gasteiger partial charge in [0.25, 0.3) is 0 Å². The quantitative estimate of drug-likeness (QED) is 0.699. The van der Waals surface area contributed by atoms with Gasteiger partial charge < -0.3 is 4.90 Å². The summed E-state index contributed by atoms with van der Waals surface area (Å²) >= 11 is 1.76. The molecule has 2 aliphatic heterocycles. The molecule has 0 saturated carbocycles.